The van der Waals surface area contributed by atoms with Gasteiger partial charge >= 0.3 is 0 Å². The highest BCUT2D eigenvalue weighted by Gasteiger charge is 2.27. The van der Waals surface area contributed by atoms with Crippen molar-refractivity contribution in [2.75, 3.05) is 26.0 Å². The lowest BCUT2D eigenvalue weighted by molar-refractivity contribution is -0.127. The summed E-state index contributed by atoms with van der Waals surface area (Å²) in [4.78, 5) is 15.2. The normalized spacial score (nSPS) is 17.1. The predicted octanol–water partition coefficient (Wildman–Crippen LogP) is 3.94. The van der Waals surface area contributed by atoms with E-state index >= 15 is 0 Å². The Labute approximate surface area is 145 Å². The summed E-state index contributed by atoms with van der Waals surface area (Å²) in [7, 11) is 1.66. The molecule has 1 aliphatic rings. The number of amides is 1. The van der Waals surface area contributed by atoms with E-state index in [1.54, 1.807) is 19.2 Å². The molecule has 24 heavy (non-hydrogen) atoms. The quantitative estimate of drug-likeness (QED) is 0.769. The third-order valence-corrected chi connectivity index (χ3v) is 5.30. The number of benzene rings is 2. The van der Waals surface area contributed by atoms with Gasteiger partial charge in [0, 0.05) is 23.9 Å². The van der Waals surface area contributed by atoms with Crippen LogP contribution in [0.15, 0.2) is 53.4 Å². The number of halogens is 1. The minimum Gasteiger partial charge on any atom is -0.497 e. The first-order valence-electron chi connectivity index (χ1n) is 7.96. The zero-order valence-corrected chi connectivity index (χ0v) is 14.4. The van der Waals surface area contributed by atoms with Crippen molar-refractivity contribution in [3.63, 3.8) is 0 Å². The van der Waals surface area contributed by atoms with Crippen molar-refractivity contribution in [3.05, 3.63) is 59.9 Å². The molecule has 5 heteroatoms. The van der Waals surface area contributed by atoms with Gasteiger partial charge in [-0.2, -0.15) is 0 Å². The Hall–Kier alpha value is -2.01. The molecule has 0 unspecified atom stereocenters. The first kappa shape index (κ1) is 16.8. The highest BCUT2D eigenvalue weighted by atomic mass is 32.2. The van der Waals surface area contributed by atoms with Gasteiger partial charge in [-0.1, -0.05) is 12.1 Å². The van der Waals surface area contributed by atoms with E-state index in [1.807, 2.05) is 17.0 Å². The van der Waals surface area contributed by atoms with Crippen LogP contribution in [-0.2, 0) is 4.79 Å². The number of thioether (sulfide) groups is 1. The van der Waals surface area contributed by atoms with Crippen LogP contribution in [0.4, 0.5) is 4.39 Å². The van der Waals surface area contributed by atoms with Gasteiger partial charge in [-0.25, -0.2) is 4.39 Å². The fourth-order valence-electron chi connectivity index (χ4n) is 2.90. The standard InChI is InChI=1S/C19H20FNO2S/c1-23-17-6-2-14(3-7-17)15-10-11-21(12-15)19(22)13-24-18-8-4-16(20)5-9-18/h2-9,15H,10-13H2,1H3/t15-/m1/s1. The lowest BCUT2D eigenvalue weighted by atomic mass is 9.98. The maximum Gasteiger partial charge on any atom is 0.232 e. The van der Waals surface area contributed by atoms with Crippen LogP contribution < -0.4 is 4.74 Å². The molecule has 0 aromatic heterocycles. The van der Waals surface area contributed by atoms with Crippen LogP contribution in [0, 0.1) is 5.82 Å². The topological polar surface area (TPSA) is 29.5 Å². The smallest absolute Gasteiger partial charge is 0.232 e. The largest absolute Gasteiger partial charge is 0.497 e. The van der Waals surface area contributed by atoms with E-state index in [1.165, 1.54) is 29.5 Å². The third kappa shape index (κ3) is 4.09. The third-order valence-electron chi connectivity index (χ3n) is 4.30. The number of nitrogens with zero attached hydrogens (tertiary/aromatic N) is 1. The molecule has 0 saturated carbocycles. The van der Waals surface area contributed by atoms with Crippen molar-refractivity contribution in [3.8, 4) is 5.75 Å². The summed E-state index contributed by atoms with van der Waals surface area (Å²) < 4.78 is 18.1. The molecular formula is C19H20FNO2S. The summed E-state index contributed by atoms with van der Waals surface area (Å²) in [5, 5.41) is 0. The molecule has 0 aliphatic carbocycles. The van der Waals surface area contributed by atoms with E-state index in [4.69, 9.17) is 4.74 Å². The van der Waals surface area contributed by atoms with Gasteiger partial charge in [0.2, 0.25) is 5.91 Å². The lowest BCUT2D eigenvalue weighted by Gasteiger charge is -2.16. The summed E-state index contributed by atoms with van der Waals surface area (Å²) in [6, 6.07) is 14.3. The van der Waals surface area contributed by atoms with Crippen molar-refractivity contribution in [1.82, 2.24) is 4.90 Å². The number of hydrogen-bond acceptors (Lipinski definition) is 3. The number of likely N-dealkylation sites (tertiary alicyclic amines) is 1. The number of methoxy groups -OCH3 is 1. The highest BCUT2D eigenvalue weighted by molar-refractivity contribution is 8.00. The molecule has 1 fully saturated rings. The van der Waals surface area contributed by atoms with Crippen LogP contribution in [-0.4, -0.2) is 36.8 Å². The zero-order chi connectivity index (χ0) is 16.9. The van der Waals surface area contributed by atoms with Gasteiger partial charge < -0.3 is 9.64 Å². The molecule has 0 bridgehead atoms. The molecule has 2 aromatic rings. The monoisotopic (exact) mass is 345 g/mol. The molecule has 1 atom stereocenters. The van der Waals surface area contributed by atoms with Gasteiger partial charge in [0.25, 0.3) is 0 Å². The SMILES string of the molecule is COc1ccc([C@@H]2CCN(C(=O)CSc3ccc(F)cc3)C2)cc1. The minimum atomic E-state index is -0.257. The van der Waals surface area contributed by atoms with Gasteiger partial charge in [0.05, 0.1) is 12.9 Å². The summed E-state index contributed by atoms with van der Waals surface area (Å²) in [5.74, 6) is 1.50. The minimum absolute atomic E-state index is 0.139. The van der Waals surface area contributed by atoms with Crippen LogP contribution in [0.1, 0.15) is 17.9 Å². The van der Waals surface area contributed by atoms with Gasteiger partial charge in [-0.05, 0) is 48.4 Å². The first-order chi connectivity index (χ1) is 11.7. The van der Waals surface area contributed by atoms with Crippen LogP contribution >= 0.6 is 11.8 Å². The Morgan fingerprint density at radius 2 is 1.92 bits per heavy atom. The Kier molecular flexibility index (Phi) is 5.41. The van der Waals surface area contributed by atoms with Crippen molar-refractivity contribution >= 4 is 17.7 Å². The van der Waals surface area contributed by atoms with E-state index in [2.05, 4.69) is 12.1 Å². The summed E-state index contributed by atoms with van der Waals surface area (Å²) in [5.41, 5.74) is 1.25. The summed E-state index contributed by atoms with van der Waals surface area (Å²) in [6.07, 6.45) is 0.985. The predicted molar refractivity (Wildman–Crippen MR) is 94.1 cm³/mol. The number of carbonyl (C=O) groups excluding carboxylic acids is 1. The van der Waals surface area contributed by atoms with Crippen molar-refractivity contribution in [2.24, 2.45) is 0 Å². The summed E-state index contributed by atoms with van der Waals surface area (Å²) >= 11 is 1.45. The lowest BCUT2D eigenvalue weighted by Crippen LogP contribution is -2.29. The van der Waals surface area contributed by atoms with Crippen LogP contribution in [0.2, 0.25) is 0 Å². The van der Waals surface area contributed by atoms with E-state index in [-0.39, 0.29) is 11.7 Å². The number of carbonyl (C=O) groups is 1. The van der Waals surface area contributed by atoms with Crippen LogP contribution in [0.3, 0.4) is 0 Å². The highest BCUT2D eigenvalue weighted by Crippen LogP contribution is 2.29. The van der Waals surface area contributed by atoms with E-state index in [0.29, 0.717) is 11.7 Å². The molecule has 1 heterocycles. The molecule has 3 nitrogen and oxygen atoms in total. The van der Waals surface area contributed by atoms with Gasteiger partial charge in [0.15, 0.2) is 0 Å². The Bertz CT molecular complexity index is 688. The second kappa shape index (κ2) is 7.71. The Morgan fingerprint density at radius 1 is 1.21 bits per heavy atom. The fraction of sp³-hybridized carbons (Fsp3) is 0.316. The molecule has 1 saturated heterocycles. The molecule has 126 valence electrons. The zero-order valence-electron chi connectivity index (χ0n) is 13.6. The average Bonchev–Trinajstić information content (AvgIpc) is 3.11. The molecule has 0 N–H and O–H groups in total. The van der Waals surface area contributed by atoms with Crippen LogP contribution in [0.5, 0.6) is 5.75 Å². The van der Waals surface area contributed by atoms with Crippen molar-refractivity contribution in [1.29, 1.82) is 0 Å². The maximum absolute atomic E-state index is 12.9. The second-order valence-corrected chi connectivity index (χ2v) is 6.89. The average molecular weight is 345 g/mol. The van der Waals surface area contributed by atoms with E-state index < -0.39 is 0 Å². The van der Waals surface area contributed by atoms with E-state index in [9.17, 15) is 9.18 Å². The molecule has 1 aliphatic heterocycles. The molecular weight excluding hydrogens is 325 g/mol. The fourth-order valence-corrected chi connectivity index (χ4v) is 3.70. The molecule has 1 amide bonds. The van der Waals surface area contributed by atoms with Crippen molar-refractivity contribution < 1.29 is 13.9 Å². The molecule has 0 spiro atoms. The number of ether oxygens (including phenoxy) is 1. The molecule has 3 rings (SSSR count). The van der Waals surface area contributed by atoms with Crippen LogP contribution in [0.25, 0.3) is 0 Å². The Balaban J connectivity index is 1.52. The van der Waals surface area contributed by atoms with E-state index in [0.717, 1.165) is 30.2 Å². The second-order valence-electron chi connectivity index (χ2n) is 5.84. The first-order valence-corrected chi connectivity index (χ1v) is 8.94. The maximum atomic E-state index is 12.9. The summed E-state index contributed by atoms with van der Waals surface area (Å²) in [6.45, 7) is 1.55. The number of hydrogen-bond donors (Lipinski definition) is 0. The van der Waals surface area contributed by atoms with Gasteiger partial charge in [-0.3, -0.25) is 4.79 Å². The van der Waals surface area contributed by atoms with Gasteiger partial charge in [-0.15, -0.1) is 11.8 Å². The van der Waals surface area contributed by atoms with Gasteiger partial charge in [0.1, 0.15) is 11.6 Å². The number of rotatable bonds is 5. The van der Waals surface area contributed by atoms with Crippen molar-refractivity contribution in [2.45, 2.75) is 17.2 Å². The molecule has 0 radical (unpaired) electrons. The molecule has 2 aromatic carbocycles. The Morgan fingerprint density at radius 3 is 2.58 bits per heavy atom.